The van der Waals surface area contributed by atoms with Crippen molar-refractivity contribution in [1.29, 1.82) is 10.7 Å². The second kappa shape index (κ2) is 8.16. The number of nitrogens with zero attached hydrogens (tertiary/aromatic N) is 3. The summed E-state index contributed by atoms with van der Waals surface area (Å²) in [7, 11) is 0. The van der Waals surface area contributed by atoms with E-state index in [0.717, 1.165) is 27.4 Å². The molecule has 3 heterocycles. The number of ether oxygens (including phenoxy) is 1. The van der Waals surface area contributed by atoms with Gasteiger partial charge in [-0.15, -0.1) is 11.3 Å². The Bertz CT molecular complexity index is 1260. The molecule has 0 radical (unpaired) electrons. The summed E-state index contributed by atoms with van der Waals surface area (Å²) in [6, 6.07) is 8.24. The van der Waals surface area contributed by atoms with Crippen LogP contribution in [0.2, 0.25) is 0 Å². The number of pyridine rings is 1. The lowest BCUT2D eigenvalue weighted by Gasteiger charge is -2.21. The number of aromatic nitrogens is 2. The average molecular weight is 435 g/mol. The largest absolute Gasteiger partial charge is 0.482 e. The first-order valence-corrected chi connectivity index (χ1v) is 10.3. The van der Waals surface area contributed by atoms with Gasteiger partial charge in [0.15, 0.2) is 11.6 Å². The highest BCUT2D eigenvalue weighted by molar-refractivity contribution is 7.12. The number of anilines is 1. The van der Waals surface area contributed by atoms with Crippen LogP contribution in [-0.2, 0) is 6.54 Å². The van der Waals surface area contributed by atoms with Crippen molar-refractivity contribution in [2.75, 3.05) is 5.73 Å². The van der Waals surface area contributed by atoms with Gasteiger partial charge in [-0.25, -0.2) is 14.4 Å². The molecule has 0 unspecified atom stereocenters. The number of allylic oxidation sites excluding steroid dienone is 1. The zero-order chi connectivity index (χ0) is 22.1. The lowest BCUT2D eigenvalue weighted by Crippen LogP contribution is -2.16. The number of fused-ring (bicyclic) bond motifs is 5. The molecule has 0 saturated heterocycles. The van der Waals surface area contributed by atoms with Crippen molar-refractivity contribution in [2.45, 2.75) is 26.5 Å². The predicted octanol–water partition coefficient (Wildman–Crippen LogP) is 4.36. The normalized spacial score (nSPS) is 16.9. The fourth-order valence-corrected chi connectivity index (χ4v) is 4.40. The van der Waals surface area contributed by atoms with Crippen molar-refractivity contribution in [3.8, 4) is 23.1 Å². The van der Waals surface area contributed by atoms with Crippen LogP contribution in [0.4, 0.5) is 10.2 Å². The maximum absolute atomic E-state index is 14.1. The van der Waals surface area contributed by atoms with Crippen molar-refractivity contribution >= 4 is 29.1 Å². The highest BCUT2D eigenvalue weighted by Crippen LogP contribution is 2.37. The third-order valence-electron chi connectivity index (χ3n) is 4.95. The highest BCUT2D eigenvalue weighted by Gasteiger charge is 2.23. The number of thiazole rings is 1. The van der Waals surface area contributed by atoms with E-state index in [2.05, 4.69) is 15.3 Å². The SMILES string of the molecule is Cc1nc2c(s1)CN/C(=C(/C#N)C=N)c1cnc(N)c(c1)O[C@H](C)c1cc(F)ccc1-2. The van der Waals surface area contributed by atoms with Crippen LogP contribution >= 0.6 is 11.3 Å². The summed E-state index contributed by atoms with van der Waals surface area (Å²) in [4.78, 5) is 9.79. The molecule has 1 aliphatic rings. The lowest BCUT2D eigenvalue weighted by molar-refractivity contribution is 0.227. The summed E-state index contributed by atoms with van der Waals surface area (Å²) in [5.74, 6) is 0.100. The monoisotopic (exact) mass is 434 g/mol. The van der Waals surface area contributed by atoms with E-state index in [1.807, 2.05) is 19.9 Å². The molecule has 2 aromatic heterocycles. The number of nitrogens with two attached hydrogens (primary N) is 1. The number of nitrogens with one attached hydrogen (secondary N) is 2. The van der Waals surface area contributed by atoms with Crippen LogP contribution in [0.1, 0.15) is 34.0 Å². The van der Waals surface area contributed by atoms with Crippen LogP contribution in [-0.4, -0.2) is 16.2 Å². The Morgan fingerprint density at radius 2 is 2.26 bits per heavy atom. The summed E-state index contributed by atoms with van der Waals surface area (Å²) in [5, 5.41) is 21.3. The summed E-state index contributed by atoms with van der Waals surface area (Å²) < 4.78 is 20.2. The van der Waals surface area contributed by atoms with Crippen molar-refractivity contribution in [2.24, 2.45) is 0 Å². The van der Waals surface area contributed by atoms with Crippen LogP contribution in [0.5, 0.6) is 5.75 Å². The molecule has 3 aromatic rings. The van der Waals surface area contributed by atoms with E-state index in [1.54, 1.807) is 12.1 Å². The van der Waals surface area contributed by atoms with Crippen molar-refractivity contribution in [3.05, 3.63) is 62.9 Å². The van der Waals surface area contributed by atoms with Crippen LogP contribution < -0.4 is 15.8 Å². The highest BCUT2D eigenvalue weighted by atomic mass is 32.1. The molecule has 0 aliphatic carbocycles. The minimum atomic E-state index is -0.544. The standard InChI is InChI=1S/C22H19FN6OS/c1-11-17-6-15(23)3-4-16(17)21-19(31-12(2)29-21)10-27-20(14(7-24)8-25)13-5-18(30-11)22(26)28-9-13/h3-7,9,11,24,27H,10H2,1-2H3,(H2,26,28)/b20-14+,24-7?/t11-/m1/s1. The maximum Gasteiger partial charge on any atom is 0.166 e. The van der Waals surface area contributed by atoms with Crippen LogP contribution in [0.15, 0.2) is 36.0 Å². The van der Waals surface area contributed by atoms with Crippen LogP contribution in [0.3, 0.4) is 0 Å². The van der Waals surface area contributed by atoms with Crippen molar-refractivity contribution in [3.63, 3.8) is 0 Å². The Hall–Kier alpha value is -3.77. The van der Waals surface area contributed by atoms with Gasteiger partial charge in [0.1, 0.15) is 18.0 Å². The second-order valence-electron chi connectivity index (χ2n) is 7.00. The molecular formula is C22H19FN6OS. The molecule has 0 spiro atoms. The Morgan fingerprint density at radius 1 is 1.45 bits per heavy atom. The molecule has 4 N–H and O–H groups in total. The summed E-state index contributed by atoms with van der Waals surface area (Å²) in [5.41, 5.74) is 9.30. The zero-order valence-electron chi connectivity index (χ0n) is 16.9. The number of halogens is 1. The minimum Gasteiger partial charge on any atom is -0.482 e. The van der Waals surface area contributed by atoms with E-state index < -0.39 is 6.10 Å². The number of rotatable bonds is 1. The number of nitrogen functional groups attached to an aromatic ring is 1. The van der Waals surface area contributed by atoms with Gasteiger partial charge in [-0.1, -0.05) is 0 Å². The van der Waals surface area contributed by atoms with Gasteiger partial charge in [-0.3, -0.25) is 0 Å². The molecule has 7 nitrogen and oxygen atoms in total. The summed E-state index contributed by atoms with van der Waals surface area (Å²) >= 11 is 1.51. The Balaban J connectivity index is 1.98. The number of nitriles is 1. The molecule has 0 amide bonds. The number of aryl methyl sites for hydroxylation is 1. The zero-order valence-corrected chi connectivity index (χ0v) is 17.7. The topological polar surface area (TPSA) is 121 Å². The molecule has 0 saturated carbocycles. The van der Waals surface area contributed by atoms with Crippen LogP contribution in [0.25, 0.3) is 17.0 Å². The first kappa shape index (κ1) is 20.5. The van der Waals surface area contributed by atoms with Gasteiger partial charge >= 0.3 is 0 Å². The van der Waals surface area contributed by atoms with E-state index in [0.29, 0.717) is 29.1 Å². The molecule has 1 atom stereocenters. The Kier molecular flexibility index (Phi) is 5.40. The lowest BCUT2D eigenvalue weighted by atomic mass is 9.99. The molecule has 1 aliphatic heterocycles. The van der Waals surface area contributed by atoms with E-state index in [-0.39, 0.29) is 17.2 Å². The fourth-order valence-electron chi connectivity index (χ4n) is 3.51. The molecule has 2 bridgehead atoms. The summed E-state index contributed by atoms with van der Waals surface area (Å²) in [6.07, 6.45) is 1.97. The predicted molar refractivity (Wildman–Crippen MR) is 118 cm³/mol. The molecule has 1 aromatic carbocycles. The van der Waals surface area contributed by atoms with E-state index in [9.17, 15) is 9.65 Å². The molecule has 156 valence electrons. The average Bonchev–Trinajstić information content (AvgIpc) is 3.12. The van der Waals surface area contributed by atoms with E-state index in [4.69, 9.17) is 15.9 Å². The van der Waals surface area contributed by atoms with Gasteiger partial charge in [0.25, 0.3) is 0 Å². The molecule has 31 heavy (non-hydrogen) atoms. The van der Waals surface area contributed by atoms with Crippen LogP contribution in [0, 0.1) is 29.5 Å². The van der Waals surface area contributed by atoms with Gasteiger partial charge in [-0.05, 0) is 38.1 Å². The second-order valence-corrected chi connectivity index (χ2v) is 8.29. The fraction of sp³-hybridized carbons (Fsp3) is 0.182. The number of benzene rings is 1. The van der Waals surface area contributed by atoms with Gasteiger partial charge < -0.3 is 21.2 Å². The van der Waals surface area contributed by atoms with E-state index in [1.165, 1.54) is 29.7 Å². The first-order valence-electron chi connectivity index (χ1n) is 9.48. The number of hydrogen-bond donors (Lipinski definition) is 3. The van der Waals surface area contributed by atoms with E-state index >= 15 is 0 Å². The third-order valence-corrected chi connectivity index (χ3v) is 5.92. The first-order chi connectivity index (χ1) is 14.9. The molecule has 0 fully saturated rings. The van der Waals surface area contributed by atoms with Gasteiger partial charge in [0.2, 0.25) is 0 Å². The Morgan fingerprint density at radius 3 is 3.00 bits per heavy atom. The summed E-state index contributed by atoms with van der Waals surface area (Å²) in [6.45, 7) is 4.07. The molecular weight excluding hydrogens is 415 g/mol. The van der Waals surface area contributed by atoms with Crippen molar-refractivity contribution < 1.29 is 9.13 Å². The quantitative estimate of drug-likeness (QED) is 0.386. The Labute approximate surface area is 182 Å². The van der Waals surface area contributed by atoms with Gasteiger partial charge in [0.05, 0.1) is 33.4 Å². The smallest absolute Gasteiger partial charge is 0.166 e. The van der Waals surface area contributed by atoms with Crippen molar-refractivity contribution in [1.82, 2.24) is 15.3 Å². The van der Waals surface area contributed by atoms with Gasteiger partial charge in [0, 0.05) is 29.1 Å². The van der Waals surface area contributed by atoms with Gasteiger partial charge in [-0.2, -0.15) is 5.26 Å². The minimum absolute atomic E-state index is 0.146. The third kappa shape index (κ3) is 3.85. The number of hydrogen-bond acceptors (Lipinski definition) is 8. The molecule has 9 heteroatoms. The maximum atomic E-state index is 14.1. The molecule has 4 rings (SSSR count).